The Bertz CT molecular complexity index is 346. The number of nitrogens with one attached hydrogen (secondary N) is 1. The first-order chi connectivity index (χ1) is 7.69. The van der Waals surface area contributed by atoms with Crippen LogP contribution in [-0.2, 0) is 20.7 Å². The van der Waals surface area contributed by atoms with Crippen molar-refractivity contribution in [1.29, 1.82) is 0 Å². The highest BCUT2D eigenvalue weighted by Crippen LogP contribution is 2.10. The quantitative estimate of drug-likeness (QED) is 0.603. The predicted molar refractivity (Wildman–Crippen MR) is 59.7 cm³/mol. The molecule has 1 unspecified atom stereocenters. The molecule has 1 atom stereocenters. The molecule has 0 spiro atoms. The normalized spacial score (nSPS) is 11.6. The van der Waals surface area contributed by atoms with Crippen molar-refractivity contribution in [2.75, 3.05) is 14.2 Å². The molecule has 4 heteroatoms. The summed E-state index contributed by atoms with van der Waals surface area (Å²) in [5.74, 6) is -1.61. The van der Waals surface area contributed by atoms with Crippen LogP contribution in [0.15, 0.2) is 30.3 Å². The summed E-state index contributed by atoms with van der Waals surface area (Å²) < 4.78 is 4.61. The third-order valence-corrected chi connectivity index (χ3v) is 2.33. The molecule has 0 aliphatic rings. The minimum atomic E-state index is -0.780. The largest absolute Gasteiger partial charge is 0.468 e. The van der Waals surface area contributed by atoms with Gasteiger partial charge in [-0.3, -0.25) is 9.59 Å². The van der Waals surface area contributed by atoms with E-state index < -0.39 is 11.9 Å². The van der Waals surface area contributed by atoms with Crippen molar-refractivity contribution in [3.05, 3.63) is 35.9 Å². The van der Waals surface area contributed by atoms with Crippen molar-refractivity contribution in [2.45, 2.75) is 6.42 Å². The fourth-order valence-electron chi connectivity index (χ4n) is 1.45. The zero-order valence-electron chi connectivity index (χ0n) is 9.40. The van der Waals surface area contributed by atoms with Crippen LogP contribution in [0.2, 0.25) is 0 Å². The molecule has 1 amide bonds. The Morgan fingerprint density at radius 3 is 2.44 bits per heavy atom. The van der Waals surface area contributed by atoms with E-state index in [-0.39, 0.29) is 5.91 Å². The number of hydrogen-bond acceptors (Lipinski definition) is 3. The summed E-state index contributed by atoms with van der Waals surface area (Å²) in [4.78, 5) is 22.9. The lowest BCUT2D eigenvalue weighted by Crippen LogP contribution is -2.35. The maximum absolute atomic E-state index is 11.5. The Morgan fingerprint density at radius 2 is 1.94 bits per heavy atom. The molecule has 1 aromatic rings. The van der Waals surface area contributed by atoms with Crippen LogP contribution in [0.4, 0.5) is 0 Å². The third-order valence-electron chi connectivity index (χ3n) is 2.33. The van der Waals surface area contributed by atoms with E-state index in [9.17, 15) is 9.59 Å². The molecule has 1 aromatic carbocycles. The molecule has 0 aromatic heterocycles. The van der Waals surface area contributed by atoms with E-state index >= 15 is 0 Å². The van der Waals surface area contributed by atoms with Crippen LogP contribution >= 0.6 is 0 Å². The maximum Gasteiger partial charge on any atom is 0.318 e. The molecule has 16 heavy (non-hydrogen) atoms. The smallest absolute Gasteiger partial charge is 0.318 e. The van der Waals surface area contributed by atoms with Gasteiger partial charge < -0.3 is 10.1 Å². The summed E-state index contributed by atoms with van der Waals surface area (Å²) in [6, 6.07) is 9.37. The minimum absolute atomic E-state index is 0.323. The van der Waals surface area contributed by atoms with Gasteiger partial charge in [-0.15, -0.1) is 0 Å². The van der Waals surface area contributed by atoms with E-state index in [0.717, 1.165) is 5.56 Å². The molecule has 0 radical (unpaired) electrons. The van der Waals surface area contributed by atoms with Gasteiger partial charge in [0.2, 0.25) is 5.91 Å². The maximum atomic E-state index is 11.5. The Hall–Kier alpha value is -1.84. The highest BCUT2D eigenvalue weighted by Gasteiger charge is 2.26. The van der Waals surface area contributed by atoms with E-state index in [1.165, 1.54) is 14.2 Å². The predicted octanol–water partition coefficient (Wildman–Crippen LogP) is 0.764. The van der Waals surface area contributed by atoms with Crippen molar-refractivity contribution < 1.29 is 14.3 Å². The molecular weight excluding hydrogens is 206 g/mol. The van der Waals surface area contributed by atoms with Crippen LogP contribution < -0.4 is 5.32 Å². The van der Waals surface area contributed by atoms with E-state index in [1.807, 2.05) is 30.3 Å². The standard InChI is InChI=1S/C12H15NO3/c1-13-11(14)10(12(15)16-2)8-9-6-4-3-5-7-9/h3-7,10H,8H2,1-2H3,(H,13,14). The van der Waals surface area contributed by atoms with Gasteiger partial charge in [0, 0.05) is 7.05 Å². The molecular formula is C12H15NO3. The minimum Gasteiger partial charge on any atom is -0.468 e. The van der Waals surface area contributed by atoms with Gasteiger partial charge in [-0.2, -0.15) is 0 Å². The molecule has 0 heterocycles. The van der Waals surface area contributed by atoms with E-state index in [2.05, 4.69) is 10.1 Å². The Labute approximate surface area is 94.6 Å². The number of ether oxygens (including phenoxy) is 1. The number of benzene rings is 1. The molecule has 0 aliphatic heterocycles. The number of esters is 1. The molecule has 4 nitrogen and oxygen atoms in total. The third kappa shape index (κ3) is 3.08. The lowest BCUT2D eigenvalue weighted by atomic mass is 9.99. The fraction of sp³-hybridized carbons (Fsp3) is 0.333. The van der Waals surface area contributed by atoms with Gasteiger partial charge in [-0.25, -0.2) is 0 Å². The number of carbonyl (C=O) groups excluding carboxylic acids is 2. The number of carbonyl (C=O) groups is 2. The van der Waals surface area contributed by atoms with Crippen molar-refractivity contribution in [1.82, 2.24) is 5.32 Å². The van der Waals surface area contributed by atoms with Crippen molar-refractivity contribution >= 4 is 11.9 Å². The molecule has 0 saturated heterocycles. The van der Waals surface area contributed by atoms with Crippen LogP contribution in [0.3, 0.4) is 0 Å². The van der Waals surface area contributed by atoms with Gasteiger partial charge in [0.25, 0.3) is 0 Å². The van der Waals surface area contributed by atoms with Crippen LogP contribution in [-0.4, -0.2) is 26.0 Å². The van der Waals surface area contributed by atoms with Crippen LogP contribution in [0.5, 0.6) is 0 Å². The number of methoxy groups -OCH3 is 1. The second kappa shape index (κ2) is 5.90. The molecule has 0 fully saturated rings. The number of amides is 1. The summed E-state index contributed by atoms with van der Waals surface area (Å²) in [6.45, 7) is 0. The lowest BCUT2D eigenvalue weighted by molar-refractivity contribution is -0.149. The van der Waals surface area contributed by atoms with E-state index in [1.54, 1.807) is 0 Å². The molecule has 0 bridgehead atoms. The van der Waals surface area contributed by atoms with Gasteiger partial charge in [0.1, 0.15) is 5.92 Å². The van der Waals surface area contributed by atoms with Crippen molar-refractivity contribution in [3.63, 3.8) is 0 Å². The highest BCUT2D eigenvalue weighted by atomic mass is 16.5. The van der Waals surface area contributed by atoms with E-state index in [4.69, 9.17) is 0 Å². The Balaban J connectivity index is 2.79. The Morgan fingerprint density at radius 1 is 1.31 bits per heavy atom. The zero-order chi connectivity index (χ0) is 12.0. The van der Waals surface area contributed by atoms with E-state index in [0.29, 0.717) is 6.42 Å². The average molecular weight is 221 g/mol. The van der Waals surface area contributed by atoms with Crippen LogP contribution in [0.25, 0.3) is 0 Å². The SMILES string of the molecule is CNC(=O)C(Cc1ccccc1)C(=O)OC. The lowest BCUT2D eigenvalue weighted by Gasteiger charge is -2.12. The molecule has 86 valence electrons. The molecule has 0 saturated carbocycles. The zero-order valence-corrected chi connectivity index (χ0v) is 9.40. The summed E-state index contributed by atoms with van der Waals surface area (Å²) in [5.41, 5.74) is 0.932. The number of hydrogen-bond donors (Lipinski definition) is 1. The topological polar surface area (TPSA) is 55.4 Å². The molecule has 1 N–H and O–H groups in total. The first kappa shape index (κ1) is 12.2. The summed E-state index contributed by atoms with van der Waals surface area (Å²) in [5, 5.41) is 2.46. The van der Waals surface area contributed by atoms with Gasteiger partial charge in [0.05, 0.1) is 7.11 Å². The van der Waals surface area contributed by atoms with Gasteiger partial charge >= 0.3 is 5.97 Å². The monoisotopic (exact) mass is 221 g/mol. The number of rotatable bonds is 4. The van der Waals surface area contributed by atoms with Gasteiger partial charge in [-0.05, 0) is 12.0 Å². The summed E-state index contributed by atoms with van der Waals surface area (Å²) in [7, 11) is 2.78. The average Bonchev–Trinajstić information content (AvgIpc) is 2.35. The summed E-state index contributed by atoms with van der Waals surface area (Å²) in [6.07, 6.45) is 0.354. The van der Waals surface area contributed by atoms with Crippen LogP contribution in [0, 0.1) is 5.92 Å². The highest BCUT2D eigenvalue weighted by molar-refractivity contribution is 5.97. The first-order valence-corrected chi connectivity index (χ1v) is 5.02. The Kier molecular flexibility index (Phi) is 4.51. The van der Waals surface area contributed by atoms with Crippen molar-refractivity contribution in [3.8, 4) is 0 Å². The first-order valence-electron chi connectivity index (χ1n) is 5.02. The van der Waals surface area contributed by atoms with Gasteiger partial charge in [0.15, 0.2) is 0 Å². The summed E-state index contributed by atoms with van der Waals surface area (Å²) >= 11 is 0. The second-order valence-corrected chi connectivity index (χ2v) is 3.38. The fourth-order valence-corrected chi connectivity index (χ4v) is 1.45. The van der Waals surface area contributed by atoms with Gasteiger partial charge in [-0.1, -0.05) is 30.3 Å². The molecule has 1 rings (SSSR count). The van der Waals surface area contributed by atoms with Crippen LogP contribution in [0.1, 0.15) is 5.56 Å². The second-order valence-electron chi connectivity index (χ2n) is 3.38. The van der Waals surface area contributed by atoms with Crippen molar-refractivity contribution in [2.24, 2.45) is 5.92 Å². The molecule has 0 aliphatic carbocycles.